The average Bonchev–Trinajstić information content (AvgIpc) is 2.70. The van der Waals surface area contributed by atoms with E-state index in [1.54, 1.807) is 6.07 Å². The summed E-state index contributed by atoms with van der Waals surface area (Å²) in [6.45, 7) is 0. The Hall–Kier alpha value is -1.03. The van der Waals surface area contributed by atoms with Crippen molar-refractivity contribution in [3.63, 3.8) is 0 Å². The number of anilines is 1. The first-order valence-electron chi connectivity index (χ1n) is 4.53. The zero-order valence-corrected chi connectivity index (χ0v) is 9.27. The number of nitrogens with two attached hydrogens (primary N) is 1. The molecule has 1 aromatic heterocycles. The molecule has 0 amide bonds. The predicted octanol–water partition coefficient (Wildman–Crippen LogP) is 3.05. The predicted molar refractivity (Wildman–Crippen MR) is 63.2 cm³/mol. The molecule has 1 unspecified atom stereocenters. The normalized spacial score (nSPS) is 17.6. The standard InChI is InChI=1S/C11H8ClNOS/c12-5-1-2-6-7(3-5)8-4-15-11(13)9(8)10(6)14/h1-4,10,14H,13H2. The van der Waals surface area contributed by atoms with E-state index in [1.165, 1.54) is 11.3 Å². The van der Waals surface area contributed by atoms with Gasteiger partial charge in [-0.2, -0.15) is 0 Å². The van der Waals surface area contributed by atoms with Crippen LogP contribution in [0.3, 0.4) is 0 Å². The van der Waals surface area contributed by atoms with Gasteiger partial charge in [-0.1, -0.05) is 17.7 Å². The Morgan fingerprint density at radius 1 is 1.33 bits per heavy atom. The number of halogens is 1. The Morgan fingerprint density at radius 3 is 2.93 bits per heavy atom. The summed E-state index contributed by atoms with van der Waals surface area (Å²) in [5.74, 6) is 0. The minimum Gasteiger partial charge on any atom is -0.390 e. The van der Waals surface area contributed by atoms with Crippen LogP contribution in [0.5, 0.6) is 0 Å². The zero-order chi connectivity index (χ0) is 10.6. The molecular formula is C11H8ClNOS. The van der Waals surface area contributed by atoms with Gasteiger partial charge < -0.3 is 10.8 Å². The summed E-state index contributed by atoms with van der Waals surface area (Å²) in [4.78, 5) is 0. The van der Waals surface area contributed by atoms with Gasteiger partial charge in [0, 0.05) is 21.5 Å². The molecule has 0 spiro atoms. The molecule has 0 bridgehead atoms. The summed E-state index contributed by atoms with van der Waals surface area (Å²) in [6, 6.07) is 5.51. The lowest BCUT2D eigenvalue weighted by Crippen LogP contribution is -1.96. The van der Waals surface area contributed by atoms with Gasteiger partial charge in [0.15, 0.2) is 0 Å². The molecular weight excluding hydrogens is 230 g/mol. The first-order valence-corrected chi connectivity index (χ1v) is 5.79. The third-order valence-electron chi connectivity index (χ3n) is 2.73. The second kappa shape index (κ2) is 2.98. The SMILES string of the molecule is Nc1scc2c1C(O)c1ccc(Cl)cc1-2. The molecule has 4 heteroatoms. The van der Waals surface area contributed by atoms with Crippen molar-refractivity contribution in [2.24, 2.45) is 0 Å². The molecule has 1 aliphatic rings. The average molecular weight is 238 g/mol. The summed E-state index contributed by atoms with van der Waals surface area (Å²) in [6.07, 6.45) is -0.599. The monoisotopic (exact) mass is 237 g/mol. The molecule has 3 N–H and O–H groups in total. The topological polar surface area (TPSA) is 46.2 Å². The first kappa shape index (κ1) is 9.21. The van der Waals surface area contributed by atoms with E-state index >= 15 is 0 Å². The number of thiophene rings is 1. The van der Waals surface area contributed by atoms with Crippen molar-refractivity contribution >= 4 is 27.9 Å². The smallest absolute Gasteiger partial charge is 0.108 e. The van der Waals surface area contributed by atoms with Crippen LogP contribution in [0.15, 0.2) is 23.6 Å². The molecule has 1 aliphatic carbocycles. The lowest BCUT2D eigenvalue weighted by molar-refractivity contribution is 0.226. The van der Waals surface area contributed by atoms with Gasteiger partial charge >= 0.3 is 0 Å². The lowest BCUT2D eigenvalue weighted by atomic mass is 10.1. The number of aliphatic hydroxyl groups excluding tert-OH is 1. The summed E-state index contributed by atoms with van der Waals surface area (Å²) in [5, 5.41) is 13.4. The number of hydrogen-bond donors (Lipinski definition) is 2. The van der Waals surface area contributed by atoms with E-state index in [1.807, 2.05) is 17.5 Å². The fourth-order valence-electron chi connectivity index (χ4n) is 2.03. The van der Waals surface area contributed by atoms with Crippen molar-refractivity contribution in [3.05, 3.63) is 39.7 Å². The van der Waals surface area contributed by atoms with E-state index in [-0.39, 0.29) is 0 Å². The molecule has 2 nitrogen and oxygen atoms in total. The highest BCUT2D eigenvalue weighted by Crippen LogP contribution is 2.49. The van der Waals surface area contributed by atoms with E-state index in [4.69, 9.17) is 17.3 Å². The number of hydrogen-bond acceptors (Lipinski definition) is 3. The van der Waals surface area contributed by atoms with Crippen LogP contribution in [0.25, 0.3) is 11.1 Å². The van der Waals surface area contributed by atoms with Crippen molar-refractivity contribution < 1.29 is 5.11 Å². The van der Waals surface area contributed by atoms with E-state index < -0.39 is 6.10 Å². The van der Waals surface area contributed by atoms with E-state index in [0.29, 0.717) is 10.0 Å². The number of benzene rings is 1. The Kier molecular flexibility index (Phi) is 1.83. The van der Waals surface area contributed by atoms with Gasteiger partial charge in [-0.05, 0) is 23.3 Å². The fourth-order valence-corrected chi connectivity index (χ4v) is 3.05. The Labute approximate surface area is 95.9 Å². The lowest BCUT2D eigenvalue weighted by Gasteiger charge is -2.05. The van der Waals surface area contributed by atoms with Crippen molar-refractivity contribution in [2.45, 2.75) is 6.10 Å². The van der Waals surface area contributed by atoms with Gasteiger partial charge in [0.1, 0.15) is 6.10 Å². The zero-order valence-electron chi connectivity index (χ0n) is 7.70. The Morgan fingerprint density at radius 2 is 2.13 bits per heavy atom. The van der Waals surface area contributed by atoms with Crippen molar-refractivity contribution in [3.8, 4) is 11.1 Å². The molecule has 0 fully saturated rings. The number of fused-ring (bicyclic) bond motifs is 3. The van der Waals surface area contributed by atoms with Gasteiger partial charge in [0.05, 0.1) is 5.00 Å². The molecule has 0 saturated carbocycles. The maximum Gasteiger partial charge on any atom is 0.108 e. The second-order valence-electron chi connectivity index (χ2n) is 3.56. The molecule has 0 radical (unpaired) electrons. The summed E-state index contributed by atoms with van der Waals surface area (Å²) in [5.41, 5.74) is 9.56. The number of rotatable bonds is 0. The minimum atomic E-state index is -0.599. The van der Waals surface area contributed by atoms with Gasteiger partial charge in [0.2, 0.25) is 0 Å². The van der Waals surface area contributed by atoms with Crippen molar-refractivity contribution in [2.75, 3.05) is 5.73 Å². The maximum absolute atomic E-state index is 10.1. The Balaban J connectivity index is 2.34. The van der Waals surface area contributed by atoms with Crippen LogP contribution >= 0.6 is 22.9 Å². The molecule has 1 heterocycles. The highest BCUT2D eigenvalue weighted by molar-refractivity contribution is 7.14. The Bertz CT molecular complexity index is 550. The number of nitrogen functional groups attached to an aromatic ring is 1. The van der Waals surface area contributed by atoms with Crippen LogP contribution in [0.2, 0.25) is 5.02 Å². The summed E-state index contributed by atoms with van der Waals surface area (Å²) < 4.78 is 0. The molecule has 76 valence electrons. The van der Waals surface area contributed by atoms with E-state index in [9.17, 15) is 5.11 Å². The van der Waals surface area contributed by atoms with Gasteiger partial charge in [0.25, 0.3) is 0 Å². The third kappa shape index (κ3) is 1.14. The highest BCUT2D eigenvalue weighted by Gasteiger charge is 2.30. The van der Waals surface area contributed by atoms with E-state index in [2.05, 4.69) is 0 Å². The van der Waals surface area contributed by atoms with Crippen LogP contribution in [0.1, 0.15) is 17.2 Å². The first-order chi connectivity index (χ1) is 7.18. The van der Waals surface area contributed by atoms with Crippen LogP contribution in [-0.4, -0.2) is 5.11 Å². The molecule has 1 atom stereocenters. The van der Waals surface area contributed by atoms with Crippen LogP contribution < -0.4 is 5.73 Å². The van der Waals surface area contributed by atoms with Crippen molar-refractivity contribution in [1.29, 1.82) is 0 Å². The van der Waals surface area contributed by atoms with Gasteiger partial charge in [-0.25, -0.2) is 0 Å². The molecule has 3 rings (SSSR count). The molecule has 0 aliphatic heterocycles. The summed E-state index contributed by atoms with van der Waals surface area (Å²) in [7, 11) is 0. The van der Waals surface area contributed by atoms with Gasteiger partial charge in [-0.15, -0.1) is 11.3 Å². The fraction of sp³-hybridized carbons (Fsp3) is 0.0909. The maximum atomic E-state index is 10.1. The van der Waals surface area contributed by atoms with Crippen LogP contribution in [0.4, 0.5) is 5.00 Å². The molecule has 2 aromatic rings. The van der Waals surface area contributed by atoms with Crippen molar-refractivity contribution in [1.82, 2.24) is 0 Å². The number of aliphatic hydroxyl groups is 1. The molecule has 15 heavy (non-hydrogen) atoms. The molecule has 0 saturated heterocycles. The summed E-state index contributed by atoms with van der Waals surface area (Å²) >= 11 is 7.39. The van der Waals surface area contributed by atoms with Crippen LogP contribution in [-0.2, 0) is 0 Å². The minimum absolute atomic E-state index is 0.599. The third-order valence-corrected chi connectivity index (χ3v) is 3.80. The largest absolute Gasteiger partial charge is 0.390 e. The molecule has 1 aromatic carbocycles. The van der Waals surface area contributed by atoms with Crippen LogP contribution in [0, 0.1) is 0 Å². The quantitative estimate of drug-likeness (QED) is 0.740. The van der Waals surface area contributed by atoms with Gasteiger partial charge in [-0.3, -0.25) is 0 Å². The van der Waals surface area contributed by atoms with E-state index in [0.717, 1.165) is 22.3 Å². The highest BCUT2D eigenvalue weighted by atomic mass is 35.5. The second-order valence-corrected chi connectivity index (χ2v) is 4.91.